The first-order chi connectivity index (χ1) is 5.68. The molecule has 0 bridgehead atoms. The number of nitrogens with two attached hydrogens (primary N) is 1. The number of likely N-dealkylation sites (tertiary alicyclic amines) is 1. The molecule has 12 heavy (non-hydrogen) atoms. The SMILES string of the molecule is C=C(N)CCC1CCN(C)CC1. The van der Waals surface area contributed by atoms with Crippen LogP contribution in [0.2, 0.25) is 0 Å². The smallest absolute Gasteiger partial charge is 0.000754 e. The second-order valence-corrected chi connectivity index (χ2v) is 3.94. The van der Waals surface area contributed by atoms with Crippen molar-refractivity contribution in [3.63, 3.8) is 0 Å². The number of nitrogens with zero attached hydrogens (tertiary/aromatic N) is 1. The second-order valence-electron chi connectivity index (χ2n) is 3.94. The molecule has 1 rings (SSSR count). The van der Waals surface area contributed by atoms with Gasteiger partial charge >= 0.3 is 0 Å². The van der Waals surface area contributed by atoms with Gasteiger partial charge in [-0.3, -0.25) is 0 Å². The van der Waals surface area contributed by atoms with Crippen LogP contribution >= 0.6 is 0 Å². The van der Waals surface area contributed by atoms with Gasteiger partial charge in [0.2, 0.25) is 0 Å². The molecular formula is C10H20N2. The van der Waals surface area contributed by atoms with Gasteiger partial charge in [-0.05, 0) is 51.7 Å². The summed E-state index contributed by atoms with van der Waals surface area (Å²) in [6.45, 7) is 6.23. The van der Waals surface area contributed by atoms with Gasteiger partial charge in [0.05, 0.1) is 0 Å². The van der Waals surface area contributed by atoms with E-state index in [0.717, 1.165) is 18.0 Å². The molecule has 2 nitrogen and oxygen atoms in total. The van der Waals surface area contributed by atoms with E-state index in [-0.39, 0.29) is 0 Å². The number of rotatable bonds is 3. The van der Waals surface area contributed by atoms with E-state index in [9.17, 15) is 0 Å². The summed E-state index contributed by atoms with van der Waals surface area (Å²) < 4.78 is 0. The lowest BCUT2D eigenvalue weighted by atomic mass is 9.92. The normalized spacial score (nSPS) is 21.1. The van der Waals surface area contributed by atoms with Crippen molar-refractivity contribution in [1.29, 1.82) is 0 Å². The van der Waals surface area contributed by atoms with Gasteiger partial charge in [-0.25, -0.2) is 0 Å². The summed E-state index contributed by atoms with van der Waals surface area (Å²) in [5, 5.41) is 0. The molecule has 1 fully saturated rings. The Morgan fingerprint density at radius 1 is 1.50 bits per heavy atom. The predicted octanol–water partition coefficient (Wildman–Crippen LogP) is 1.58. The maximum Gasteiger partial charge on any atom is 0.000754 e. The lowest BCUT2D eigenvalue weighted by Gasteiger charge is -2.28. The van der Waals surface area contributed by atoms with Gasteiger partial charge in [0.1, 0.15) is 0 Å². The highest BCUT2D eigenvalue weighted by atomic mass is 15.1. The minimum Gasteiger partial charge on any atom is -0.403 e. The molecule has 0 saturated carbocycles. The molecule has 0 atom stereocenters. The summed E-state index contributed by atoms with van der Waals surface area (Å²) in [5.74, 6) is 0.890. The first kappa shape index (κ1) is 9.59. The van der Waals surface area contributed by atoms with Crippen LogP contribution in [0.15, 0.2) is 12.3 Å². The average Bonchev–Trinajstić information content (AvgIpc) is 2.03. The summed E-state index contributed by atoms with van der Waals surface area (Å²) in [5.41, 5.74) is 6.37. The molecule has 2 N–H and O–H groups in total. The third kappa shape index (κ3) is 3.26. The molecule has 0 aromatic rings. The van der Waals surface area contributed by atoms with Gasteiger partial charge in [-0.1, -0.05) is 6.58 Å². The highest BCUT2D eigenvalue weighted by Gasteiger charge is 2.15. The average molecular weight is 168 g/mol. The zero-order chi connectivity index (χ0) is 8.97. The van der Waals surface area contributed by atoms with Crippen molar-refractivity contribution in [2.45, 2.75) is 25.7 Å². The number of allylic oxidation sites excluding steroid dienone is 1. The lowest BCUT2D eigenvalue weighted by molar-refractivity contribution is 0.212. The predicted molar refractivity (Wildman–Crippen MR) is 52.8 cm³/mol. The fraction of sp³-hybridized carbons (Fsp3) is 0.800. The molecule has 2 heteroatoms. The molecule has 0 radical (unpaired) electrons. The molecule has 1 aliphatic heterocycles. The van der Waals surface area contributed by atoms with Crippen LogP contribution < -0.4 is 5.73 Å². The van der Waals surface area contributed by atoms with E-state index >= 15 is 0 Å². The lowest BCUT2D eigenvalue weighted by Crippen LogP contribution is -2.30. The minimum atomic E-state index is 0.842. The van der Waals surface area contributed by atoms with Crippen molar-refractivity contribution >= 4 is 0 Å². The number of piperidine rings is 1. The molecule has 1 heterocycles. The summed E-state index contributed by atoms with van der Waals surface area (Å²) in [4.78, 5) is 2.40. The van der Waals surface area contributed by atoms with Crippen LogP contribution in [-0.4, -0.2) is 25.0 Å². The summed E-state index contributed by atoms with van der Waals surface area (Å²) in [6.07, 6.45) is 4.92. The van der Waals surface area contributed by atoms with Crippen LogP contribution in [0.25, 0.3) is 0 Å². The van der Waals surface area contributed by atoms with E-state index in [1.54, 1.807) is 0 Å². The van der Waals surface area contributed by atoms with Gasteiger partial charge < -0.3 is 10.6 Å². The molecule has 70 valence electrons. The quantitative estimate of drug-likeness (QED) is 0.693. The number of hydrogen-bond donors (Lipinski definition) is 1. The maximum absolute atomic E-state index is 5.53. The molecule has 1 saturated heterocycles. The first-order valence-electron chi connectivity index (χ1n) is 4.80. The zero-order valence-electron chi connectivity index (χ0n) is 8.05. The van der Waals surface area contributed by atoms with E-state index in [0.29, 0.717) is 0 Å². The van der Waals surface area contributed by atoms with Gasteiger partial charge in [0, 0.05) is 5.70 Å². The standard InChI is InChI=1S/C10H20N2/c1-9(11)3-4-10-5-7-12(2)8-6-10/h10H,1,3-8,11H2,2H3. The van der Waals surface area contributed by atoms with Crippen LogP contribution in [0, 0.1) is 5.92 Å². The molecular weight excluding hydrogens is 148 g/mol. The molecule has 1 aliphatic rings. The molecule has 0 unspecified atom stereocenters. The van der Waals surface area contributed by atoms with Gasteiger partial charge in [0.25, 0.3) is 0 Å². The fourth-order valence-corrected chi connectivity index (χ4v) is 1.74. The monoisotopic (exact) mass is 168 g/mol. The van der Waals surface area contributed by atoms with Gasteiger partial charge in [-0.2, -0.15) is 0 Å². The number of hydrogen-bond acceptors (Lipinski definition) is 2. The Morgan fingerprint density at radius 2 is 2.08 bits per heavy atom. The van der Waals surface area contributed by atoms with Crippen LogP contribution in [-0.2, 0) is 0 Å². The van der Waals surface area contributed by atoms with E-state index in [1.165, 1.54) is 32.4 Å². The maximum atomic E-state index is 5.53. The Bertz CT molecular complexity index is 146. The molecule has 0 aromatic carbocycles. The summed E-state index contributed by atoms with van der Waals surface area (Å²) in [7, 11) is 2.19. The third-order valence-corrected chi connectivity index (χ3v) is 2.71. The fourth-order valence-electron chi connectivity index (χ4n) is 1.74. The third-order valence-electron chi connectivity index (χ3n) is 2.71. The summed E-state index contributed by atoms with van der Waals surface area (Å²) in [6, 6.07) is 0. The van der Waals surface area contributed by atoms with Crippen LogP contribution in [0.1, 0.15) is 25.7 Å². The Hall–Kier alpha value is -0.500. The molecule has 0 amide bonds. The minimum absolute atomic E-state index is 0.842. The topological polar surface area (TPSA) is 29.3 Å². The Balaban J connectivity index is 2.13. The zero-order valence-corrected chi connectivity index (χ0v) is 8.05. The van der Waals surface area contributed by atoms with E-state index in [1.807, 2.05) is 0 Å². The largest absolute Gasteiger partial charge is 0.403 e. The van der Waals surface area contributed by atoms with Crippen molar-refractivity contribution < 1.29 is 0 Å². The van der Waals surface area contributed by atoms with Crippen molar-refractivity contribution in [2.24, 2.45) is 11.7 Å². The molecule has 0 spiro atoms. The summed E-state index contributed by atoms with van der Waals surface area (Å²) >= 11 is 0. The van der Waals surface area contributed by atoms with Crippen LogP contribution in [0.5, 0.6) is 0 Å². The van der Waals surface area contributed by atoms with E-state index in [2.05, 4.69) is 18.5 Å². The van der Waals surface area contributed by atoms with Crippen molar-refractivity contribution in [2.75, 3.05) is 20.1 Å². The first-order valence-corrected chi connectivity index (χ1v) is 4.80. The van der Waals surface area contributed by atoms with Gasteiger partial charge in [0.15, 0.2) is 0 Å². The Morgan fingerprint density at radius 3 is 2.58 bits per heavy atom. The highest BCUT2D eigenvalue weighted by molar-refractivity contribution is 4.86. The Labute approximate surface area is 75.4 Å². The molecule has 0 aromatic heterocycles. The van der Waals surface area contributed by atoms with Crippen molar-refractivity contribution in [1.82, 2.24) is 4.90 Å². The van der Waals surface area contributed by atoms with Crippen LogP contribution in [0.3, 0.4) is 0 Å². The van der Waals surface area contributed by atoms with E-state index < -0.39 is 0 Å². The second kappa shape index (κ2) is 4.51. The van der Waals surface area contributed by atoms with E-state index in [4.69, 9.17) is 5.73 Å². The van der Waals surface area contributed by atoms with Gasteiger partial charge in [-0.15, -0.1) is 0 Å². The highest BCUT2D eigenvalue weighted by Crippen LogP contribution is 2.21. The van der Waals surface area contributed by atoms with Crippen LogP contribution in [0.4, 0.5) is 0 Å². The van der Waals surface area contributed by atoms with Crippen molar-refractivity contribution in [3.8, 4) is 0 Å². The molecule has 0 aliphatic carbocycles. The van der Waals surface area contributed by atoms with Crippen molar-refractivity contribution in [3.05, 3.63) is 12.3 Å². The Kier molecular flexibility index (Phi) is 3.60.